The first-order valence-corrected chi connectivity index (χ1v) is 8.90. The quantitative estimate of drug-likeness (QED) is 0.643. The van der Waals surface area contributed by atoms with E-state index in [2.05, 4.69) is 49.1 Å². The second kappa shape index (κ2) is 7.85. The minimum atomic E-state index is 0.575. The van der Waals surface area contributed by atoms with Crippen molar-refractivity contribution in [1.29, 1.82) is 5.26 Å². The Kier molecular flexibility index (Phi) is 5.35. The predicted octanol–water partition coefficient (Wildman–Crippen LogP) is 5.79. The zero-order chi connectivity index (χ0) is 16.8. The highest BCUT2D eigenvalue weighted by Crippen LogP contribution is 2.30. The predicted molar refractivity (Wildman–Crippen MR) is 99.2 cm³/mol. The van der Waals surface area contributed by atoms with Crippen molar-refractivity contribution in [3.63, 3.8) is 0 Å². The molecule has 0 unspecified atom stereocenters. The average molecular weight is 313 g/mol. The molecule has 1 saturated carbocycles. The van der Waals surface area contributed by atoms with Gasteiger partial charge in [0.05, 0.1) is 11.6 Å². The van der Waals surface area contributed by atoms with E-state index in [9.17, 15) is 0 Å². The molecule has 0 N–H and O–H groups in total. The Balaban J connectivity index is 1.65. The minimum absolute atomic E-state index is 0.575. The van der Waals surface area contributed by atoms with E-state index in [4.69, 9.17) is 5.26 Å². The van der Waals surface area contributed by atoms with E-state index in [0.29, 0.717) is 11.5 Å². The summed E-state index contributed by atoms with van der Waals surface area (Å²) in [6.45, 7) is 2.30. The molecule has 3 rings (SSSR count). The molecule has 0 spiro atoms. The molecule has 0 heterocycles. The van der Waals surface area contributed by atoms with Gasteiger partial charge in [-0.05, 0) is 67.0 Å². The van der Waals surface area contributed by atoms with E-state index < -0.39 is 0 Å². The third-order valence-electron chi connectivity index (χ3n) is 5.08. The lowest BCUT2D eigenvalue weighted by Gasteiger charge is -2.24. The fourth-order valence-corrected chi connectivity index (χ4v) is 3.38. The average Bonchev–Trinajstić information content (AvgIpc) is 2.67. The Labute approximate surface area is 145 Å². The zero-order valence-corrected chi connectivity index (χ0v) is 14.3. The van der Waals surface area contributed by atoms with Gasteiger partial charge in [0.1, 0.15) is 0 Å². The van der Waals surface area contributed by atoms with Crippen LogP contribution >= 0.6 is 0 Å². The normalized spacial score (nSPS) is 19.8. The number of hydrogen-bond acceptors (Lipinski definition) is 1. The molecule has 24 heavy (non-hydrogen) atoms. The van der Waals surface area contributed by atoms with E-state index in [1.165, 1.54) is 32.1 Å². The topological polar surface area (TPSA) is 23.8 Å². The molecule has 2 aromatic carbocycles. The van der Waals surface area contributed by atoms with Crippen molar-refractivity contribution in [3.8, 4) is 29.0 Å². The Morgan fingerprint density at radius 1 is 0.833 bits per heavy atom. The van der Waals surface area contributed by atoms with Crippen molar-refractivity contribution in [3.05, 3.63) is 59.7 Å². The molecule has 1 fully saturated rings. The Morgan fingerprint density at radius 3 is 1.88 bits per heavy atom. The van der Waals surface area contributed by atoms with Crippen LogP contribution in [-0.4, -0.2) is 0 Å². The summed E-state index contributed by atoms with van der Waals surface area (Å²) in [6, 6.07) is 18.3. The largest absolute Gasteiger partial charge is 0.192 e. The van der Waals surface area contributed by atoms with E-state index in [1.54, 1.807) is 0 Å². The summed E-state index contributed by atoms with van der Waals surface area (Å²) in [6.07, 6.45) is 6.52. The fourth-order valence-electron chi connectivity index (χ4n) is 3.38. The van der Waals surface area contributed by atoms with Crippen LogP contribution in [0, 0.1) is 35.0 Å². The molecule has 1 aliphatic carbocycles. The van der Waals surface area contributed by atoms with Crippen molar-refractivity contribution in [2.75, 3.05) is 0 Å². The Morgan fingerprint density at radius 2 is 1.38 bits per heavy atom. The van der Waals surface area contributed by atoms with E-state index in [-0.39, 0.29) is 0 Å². The highest BCUT2D eigenvalue weighted by atomic mass is 14.2. The van der Waals surface area contributed by atoms with E-state index in [1.807, 2.05) is 24.3 Å². The molecular formula is C23H23N. The Bertz CT molecular complexity index is 758. The van der Waals surface area contributed by atoms with Crippen LogP contribution in [0.3, 0.4) is 0 Å². The lowest BCUT2D eigenvalue weighted by atomic mass is 9.81. The summed E-state index contributed by atoms with van der Waals surface area (Å²) < 4.78 is 0. The van der Waals surface area contributed by atoms with Crippen molar-refractivity contribution in [1.82, 2.24) is 0 Å². The van der Waals surface area contributed by atoms with Gasteiger partial charge in [-0.1, -0.05) is 49.5 Å². The van der Waals surface area contributed by atoms with Crippen molar-refractivity contribution in [2.45, 2.75) is 39.0 Å². The van der Waals surface area contributed by atoms with Crippen LogP contribution < -0.4 is 0 Å². The summed E-state index contributed by atoms with van der Waals surface area (Å²) in [5.41, 5.74) is 4.07. The molecule has 0 aromatic heterocycles. The maximum absolute atomic E-state index is 8.87. The second-order valence-corrected chi connectivity index (χ2v) is 6.66. The summed E-state index contributed by atoms with van der Waals surface area (Å²) in [5, 5.41) is 8.87. The number of hydrogen-bond donors (Lipinski definition) is 0. The Hall–Kier alpha value is -2.51. The maximum atomic E-state index is 8.87. The van der Waals surface area contributed by atoms with Gasteiger partial charge in [-0.3, -0.25) is 0 Å². The number of nitrogens with zero attached hydrogens (tertiary/aromatic N) is 1. The van der Waals surface area contributed by atoms with Gasteiger partial charge in [0.15, 0.2) is 0 Å². The van der Waals surface area contributed by atoms with Gasteiger partial charge in [-0.25, -0.2) is 0 Å². The van der Waals surface area contributed by atoms with Gasteiger partial charge in [0.25, 0.3) is 0 Å². The third kappa shape index (κ3) is 4.06. The fraction of sp³-hybridized carbons (Fsp3) is 0.348. The van der Waals surface area contributed by atoms with E-state index in [0.717, 1.165) is 22.6 Å². The van der Waals surface area contributed by atoms with Crippen LogP contribution in [0.15, 0.2) is 48.5 Å². The molecule has 0 radical (unpaired) electrons. The standard InChI is InChI=1S/C23H23N/c1-2-18-3-5-19(6-4-18)7-8-20-9-13-22(14-10-20)23-15-11-21(17-24)12-16-23/h9-16,18-19H,2-6H2,1H3/t18-,19-. The smallest absolute Gasteiger partial charge is 0.0991 e. The molecule has 0 amide bonds. The SMILES string of the molecule is CC[C@H]1CC[C@H](C#Cc2ccc(-c3ccc(C#N)cc3)cc2)CC1. The van der Waals surface area contributed by atoms with Crippen molar-refractivity contribution < 1.29 is 0 Å². The molecular weight excluding hydrogens is 290 g/mol. The number of benzene rings is 2. The van der Waals surface area contributed by atoms with Crippen LogP contribution in [0.5, 0.6) is 0 Å². The monoisotopic (exact) mass is 313 g/mol. The summed E-state index contributed by atoms with van der Waals surface area (Å²) in [7, 11) is 0. The van der Waals surface area contributed by atoms with Crippen LogP contribution in [0.4, 0.5) is 0 Å². The first-order chi connectivity index (χ1) is 11.8. The molecule has 1 nitrogen and oxygen atoms in total. The molecule has 1 heteroatoms. The molecule has 0 atom stereocenters. The van der Waals surface area contributed by atoms with E-state index >= 15 is 0 Å². The first-order valence-electron chi connectivity index (χ1n) is 8.90. The zero-order valence-electron chi connectivity index (χ0n) is 14.3. The molecule has 0 saturated heterocycles. The maximum Gasteiger partial charge on any atom is 0.0991 e. The number of rotatable bonds is 2. The van der Waals surface area contributed by atoms with Gasteiger partial charge >= 0.3 is 0 Å². The third-order valence-corrected chi connectivity index (χ3v) is 5.08. The lowest BCUT2D eigenvalue weighted by molar-refractivity contribution is 0.309. The van der Waals surface area contributed by atoms with Gasteiger partial charge in [-0.2, -0.15) is 5.26 Å². The van der Waals surface area contributed by atoms with Crippen LogP contribution in [-0.2, 0) is 0 Å². The molecule has 0 bridgehead atoms. The van der Waals surface area contributed by atoms with Crippen LogP contribution in [0.1, 0.15) is 50.2 Å². The molecule has 1 aliphatic rings. The van der Waals surface area contributed by atoms with Crippen LogP contribution in [0.2, 0.25) is 0 Å². The van der Waals surface area contributed by atoms with Crippen molar-refractivity contribution in [2.24, 2.45) is 11.8 Å². The molecule has 0 aliphatic heterocycles. The number of nitriles is 1. The van der Waals surface area contributed by atoms with Crippen molar-refractivity contribution >= 4 is 0 Å². The minimum Gasteiger partial charge on any atom is -0.192 e. The molecule has 120 valence electrons. The first kappa shape index (κ1) is 16.4. The van der Waals surface area contributed by atoms with Gasteiger partial charge < -0.3 is 0 Å². The highest BCUT2D eigenvalue weighted by molar-refractivity contribution is 5.65. The van der Waals surface area contributed by atoms with Gasteiger partial charge in [0, 0.05) is 11.5 Å². The summed E-state index contributed by atoms with van der Waals surface area (Å²) in [4.78, 5) is 0. The molecule has 2 aromatic rings. The second-order valence-electron chi connectivity index (χ2n) is 6.66. The lowest BCUT2D eigenvalue weighted by Crippen LogP contribution is -2.12. The highest BCUT2D eigenvalue weighted by Gasteiger charge is 2.17. The summed E-state index contributed by atoms with van der Waals surface area (Å²) >= 11 is 0. The summed E-state index contributed by atoms with van der Waals surface area (Å²) in [5.74, 6) is 8.32. The van der Waals surface area contributed by atoms with Gasteiger partial charge in [-0.15, -0.1) is 0 Å². The van der Waals surface area contributed by atoms with Gasteiger partial charge in [0.2, 0.25) is 0 Å². The van der Waals surface area contributed by atoms with Crippen LogP contribution in [0.25, 0.3) is 11.1 Å².